The zero-order chi connectivity index (χ0) is 41.9. The Kier molecular flexibility index (Phi) is 7.36. The molecule has 11 aromatic carbocycles. The summed E-state index contributed by atoms with van der Waals surface area (Å²) in [6, 6.07) is 76.0. The Morgan fingerprint density at radius 2 is 0.938 bits per heavy atom. The van der Waals surface area contributed by atoms with Crippen molar-refractivity contribution in [3.8, 4) is 39.5 Å². The van der Waals surface area contributed by atoms with Crippen molar-refractivity contribution in [2.24, 2.45) is 0 Å². The van der Waals surface area contributed by atoms with E-state index in [1.807, 2.05) is 6.07 Å². The van der Waals surface area contributed by atoms with Gasteiger partial charge < -0.3 is 4.42 Å². The molecule has 0 aliphatic heterocycles. The lowest BCUT2D eigenvalue weighted by atomic mass is 9.93. The molecule has 0 aliphatic carbocycles. The van der Waals surface area contributed by atoms with Gasteiger partial charge in [-0.2, -0.15) is 0 Å². The number of para-hydroxylation sites is 3. The van der Waals surface area contributed by atoms with Gasteiger partial charge in [-0.3, -0.25) is 4.57 Å². The first-order valence-electron chi connectivity index (χ1n) is 21.8. The molecule has 0 unspecified atom stereocenters. The van der Waals surface area contributed by atoms with Crippen molar-refractivity contribution in [2.75, 3.05) is 0 Å². The summed E-state index contributed by atoms with van der Waals surface area (Å²) in [5, 5.41) is 15.0. The predicted octanol–water partition coefficient (Wildman–Crippen LogP) is 16.2. The van der Waals surface area contributed by atoms with E-state index in [2.05, 4.69) is 211 Å². The lowest BCUT2D eigenvalue weighted by molar-refractivity contribution is 0.670. The maximum atomic E-state index is 6.91. The fourth-order valence-electron chi connectivity index (χ4n) is 10.6. The van der Waals surface area contributed by atoms with Gasteiger partial charge in [0.2, 0.25) is 5.95 Å². The fourth-order valence-corrected chi connectivity index (χ4v) is 10.6. The number of aromatic nitrogens is 3. The second-order valence-corrected chi connectivity index (χ2v) is 16.8. The summed E-state index contributed by atoms with van der Waals surface area (Å²) >= 11 is 0. The topological polar surface area (TPSA) is 43.9 Å². The second-order valence-electron chi connectivity index (χ2n) is 16.8. The van der Waals surface area contributed by atoms with Gasteiger partial charge in [-0.15, -0.1) is 0 Å². The Morgan fingerprint density at radius 1 is 0.359 bits per heavy atom. The Bertz CT molecular complexity index is 4250. The molecule has 0 saturated heterocycles. The summed E-state index contributed by atoms with van der Waals surface area (Å²) in [6.45, 7) is 0. The van der Waals surface area contributed by atoms with Crippen LogP contribution in [0.15, 0.2) is 217 Å². The average molecular weight is 814 g/mol. The third-order valence-electron chi connectivity index (χ3n) is 13.4. The number of fused-ring (bicyclic) bond motifs is 14. The number of benzene rings is 11. The van der Waals surface area contributed by atoms with Crippen molar-refractivity contribution >= 4 is 97.7 Å². The van der Waals surface area contributed by atoms with Gasteiger partial charge in [-0.25, -0.2) is 9.97 Å². The van der Waals surface area contributed by atoms with Crippen molar-refractivity contribution < 1.29 is 4.42 Å². The molecule has 4 nitrogen and oxygen atoms in total. The minimum absolute atomic E-state index is 0.612. The summed E-state index contributed by atoms with van der Waals surface area (Å²) in [7, 11) is 0. The van der Waals surface area contributed by atoms with E-state index in [1.165, 1.54) is 37.9 Å². The van der Waals surface area contributed by atoms with Gasteiger partial charge in [0.1, 0.15) is 11.2 Å². The van der Waals surface area contributed by atoms with Gasteiger partial charge in [0, 0.05) is 49.0 Å². The van der Waals surface area contributed by atoms with E-state index in [0.717, 1.165) is 93.4 Å². The normalized spacial score (nSPS) is 12.1. The van der Waals surface area contributed by atoms with Crippen molar-refractivity contribution in [1.29, 1.82) is 0 Å². The Morgan fingerprint density at radius 3 is 1.77 bits per heavy atom. The minimum Gasteiger partial charge on any atom is -0.455 e. The highest BCUT2D eigenvalue weighted by molar-refractivity contribution is 6.34. The van der Waals surface area contributed by atoms with E-state index in [1.54, 1.807) is 0 Å². The lowest BCUT2D eigenvalue weighted by Crippen LogP contribution is -2.04. The molecule has 0 saturated carbocycles. The Balaban J connectivity index is 1.12. The van der Waals surface area contributed by atoms with Crippen LogP contribution in [0.4, 0.5) is 0 Å². The first-order valence-corrected chi connectivity index (χ1v) is 21.8. The molecule has 0 bridgehead atoms. The molecular weight excluding hydrogens is 779 g/mol. The molecular formula is C60H35N3O. The van der Waals surface area contributed by atoms with Gasteiger partial charge in [-0.1, -0.05) is 194 Å². The van der Waals surface area contributed by atoms with Crippen LogP contribution in [0.3, 0.4) is 0 Å². The molecule has 0 spiro atoms. The van der Waals surface area contributed by atoms with Gasteiger partial charge >= 0.3 is 0 Å². The molecule has 0 fully saturated rings. The molecule has 0 aliphatic rings. The van der Waals surface area contributed by atoms with Gasteiger partial charge in [0.25, 0.3) is 0 Å². The van der Waals surface area contributed by atoms with Crippen LogP contribution in [0.1, 0.15) is 0 Å². The highest BCUT2D eigenvalue weighted by atomic mass is 16.3. The number of hydrogen-bond acceptors (Lipinski definition) is 3. The third-order valence-corrected chi connectivity index (χ3v) is 13.4. The summed E-state index contributed by atoms with van der Waals surface area (Å²) in [6.07, 6.45) is 0. The van der Waals surface area contributed by atoms with Gasteiger partial charge in [-0.05, 0) is 67.0 Å². The highest BCUT2D eigenvalue weighted by Gasteiger charge is 2.26. The standard InChI is InChI=1S/C60H35N3O/c1-3-18-40-36(15-1)17-13-26-41(40)37-31-33-38(34-32-37)56-48-25-9-11-29-52(48)61-60(62-56)63-57-49(54-46-23-7-5-20-43(46)44-21-6-8-24-47(44)58(54)63)27-14-28-50(57)55-42-19-4-2-16-39(42)35-51-45-22-10-12-30-53(45)64-59(51)55/h1-35H. The van der Waals surface area contributed by atoms with Crippen molar-refractivity contribution in [2.45, 2.75) is 0 Å². The smallest absolute Gasteiger partial charge is 0.235 e. The molecule has 296 valence electrons. The molecule has 3 aromatic heterocycles. The maximum absolute atomic E-state index is 6.91. The van der Waals surface area contributed by atoms with E-state index < -0.39 is 0 Å². The molecule has 64 heavy (non-hydrogen) atoms. The first-order chi connectivity index (χ1) is 31.8. The lowest BCUT2D eigenvalue weighted by Gasteiger charge is -2.16. The minimum atomic E-state index is 0.612. The fraction of sp³-hybridized carbons (Fsp3) is 0. The number of furan rings is 1. The SMILES string of the molecule is c1ccc2c(-c3ccc(-c4nc(-n5c6c(-c7c8ccccc8cc8c7oc7ccccc78)cccc6c6c7ccccc7c7ccccc7c65)nc5ccccc45)cc3)cccc2c1. The molecule has 4 heteroatoms. The first kappa shape index (κ1) is 35.0. The number of hydrogen-bond donors (Lipinski definition) is 0. The molecule has 3 heterocycles. The van der Waals surface area contributed by atoms with Crippen molar-refractivity contribution in [3.05, 3.63) is 212 Å². The number of nitrogens with zero attached hydrogens (tertiary/aromatic N) is 3. The molecule has 0 radical (unpaired) electrons. The Hall–Kier alpha value is -8.60. The van der Waals surface area contributed by atoms with E-state index in [9.17, 15) is 0 Å². The highest BCUT2D eigenvalue weighted by Crippen LogP contribution is 2.48. The van der Waals surface area contributed by atoms with Crippen LogP contribution >= 0.6 is 0 Å². The molecule has 14 rings (SSSR count). The quantitative estimate of drug-likeness (QED) is 0.166. The molecule has 0 amide bonds. The third kappa shape index (κ3) is 4.99. The average Bonchev–Trinajstić information content (AvgIpc) is 3.92. The maximum Gasteiger partial charge on any atom is 0.235 e. The summed E-state index contributed by atoms with van der Waals surface area (Å²) in [5.41, 5.74) is 11.1. The number of rotatable bonds is 4. The van der Waals surface area contributed by atoms with Crippen LogP contribution in [0.2, 0.25) is 0 Å². The molecule has 0 N–H and O–H groups in total. The summed E-state index contributed by atoms with van der Waals surface area (Å²) in [5.74, 6) is 0.612. The zero-order valence-electron chi connectivity index (χ0n) is 34.5. The zero-order valence-corrected chi connectivity index (χ0v) is 34.5. The molecule has 14 aromatic rings. The van der Waals surface area contributed by atoms with Crippen LogP contribution in [0.5, 0.6) is 0 Å². The second kappa shape index (κ2) is 13.4. The predicted molar refractivity (Wildman–Crippen MR) is 267 cm³/mol. The monoisotopic (exact) mass is 813 g/mol. The van der Waals surface area contributed by atoms with E-state index >= 15 is 0 Å². The van der Waals surface area contributed by atoms with E-state index in [4.69, 9.17) is 14.4 Å². The Labute approximate surface area is 366 Å². The van der Waals surface area contributed by atoms with Gasteiger partial charge in [0.15, 0.2) is 0 Å². The van der Waals surface area contributed by atoms with Crippen LogP contribution in [-0.4, -0.2) is 14.5 Å². The van der Waals surface area contributed by atoms with Gasteiger partial charge in [0.05, 0.1) is 22.2 Å². The largest absolute Gasteiger partial charge is 0.455 e. The van der Waals surface area contributed by atoms with Crippen LogP contribution < -0.4 is 0 Å². The van der Waals surface area contributed by atoms with E-state index in [-0.39, 0.29) is 0 Å². The van der Waals surface area contributed by atoms with E-state index in [0.29, 0.717) is 5.95 Å². The summed E-state index contributed by atoms with van der Waals surface area (Å²) in [4.78, 5) is 11.2. The van der Waals surface area contributed by atoms with Crippen molar-refractivity contribution in [1.82, 2.24) is 14.5 Å². The summed E-state index contributed by atoms with van der Waals surface area (Å²) < 4.78 is 9.27. The van der Waals surface area contributed by atoms with Crippen LogP contribution in [0, 0.1) is 0 Å². The van der Waals surface area contributed by atoms with Crippen LogP contribution in [-0.2, 0) is 0 Å². The van der Waals surface area contributed by atoms with Crippen LogP contribution in [0.25, 0.3) is 137 Å². The molecule has 0 atom stereocenters. The van der Waals surface area contributed by atoms with Crippen molar-refractivity contribution in [3.63, 3.8) is 0 Å².